The minimum absolute atomic E-state index is 0.0335. The first-order chi connectivity index (χ1) is 46.1. The molecule has 7 N–H and O–H groups in total. The number of rotatable bonds is 29. The van der Waals surface area contributed by atoms with E-state index in [0.717, 1.165) is 49.4 Å². The first-order valence-electron chi connectivity index (χ1n) is 33.4. The summed E-state index contributed by atoms with van der Waals surface area (Å²) in [6.07, 6.45) is 3.48. The second kappa shape index (κ2) is 33.0. The first-order valence-corrected chi connectivity index (χ1v) is 34.9. The highest BCUT2D eigenvalue weighted by molar-refractivity contribution is 7.90. The molecule has 4 amide bonds. The lowest BCUT2D eigenvalue weighted by Crippen LogP contribution is -2.56. The highest BCUT2D eigenvalue weighted by Gasteiger charge is 2.39. The number of sulfonamides is 1. The fourth-order valence-corrected chi connectivity index (χ4v) is 13.5. The van der Waals surface area contributed by atoms with E-state index in [0.29, 0.717) is 65.2 Å². The van der Waals surface area contributed by atoms with Crippen molar-refractivity contribution in [3.63, 3.8) is 0 Å². The van der Waals surface area contributed by atoms with E-state index in [-0.39, 0.29) is 56.3 Å². The Morgan fingerprint density at radius 2 is 1.24 bits per heavy atom. The van der Waals surface area contributed by atoms with Gasteiger partial charge in [0, 0.05) is 23.7 Å². The summed E-state index contributed by atoms with van der Waals surface area (Å²) >= 11 is 0. The second-order valence-corrected chi connectivity index (χ2v) is 28.4. The van der Waals surface area contributed by atoms with E-state index in [9.17, 15) is 27.6 Å². The molecule has 1 heterocycles. The third-order valence-electron chi connectivity index (χ3n) is 17.5. The maximum atomic E-state index is 15.0. The SMILES string of the molecule is CCC[C@H](NC(=O)[C@@H](CCCNC(=N)NS(=O)(=O)c1c(C)c(C)c2c(c1C)C[C@@H](C)C(C)(C)O2)NC(=O)[C@@H](CCC[C@H](C)NC(=O)OC(C)(C)C)NC(=O)COc1ccc2ccccc2c1-c1c(OC/C(C)=C/c2ccccc2)ccc2ccccc12)C(=O)OCc1ccccc1. The van der Waals surface area contributed by atoms with Crippen molar-refractivity contribution in [3.8, 4) is 28.4 Å². The number of alkyl carbamates (subject to hydrolysis) is 1. The fourth-order valence-electron chi connectivity index (χ4n) is 12.0. The van der Waals surface area contributed by atoms with E-state index in [1.165, 1.54) is 0 Å². The molecule has 0 saturated carbocycles. The first kappa shape index (κ1) is 73.4. The number of fused-ring (bicyclic) bond motifs is 3. The molecule has 0 unspecified atom stereocenters. The number of amides is 4. The Morgan fingerprint density at radius 3 is 1.85 bits per heavy atom. The lowest BCUT2D eigenvalue weighted by molar-refractivity contribution is -0.149. The van der Waals surface area contributed by atoms with E-state index in [2.05, 4.69) is 44.3 Å². The molecule has 1 aliphatic rings. The zero-order chi connectivity index (χ0) is 70.2. The van der Waals surface area contributed by atoms with Crippen LogP contribution in [0.3, 0.4) is 0 Å². The van der Waals surface area contributed by atoms with Gasteiger partial charge in [-0.25, -0.2) is 22.7 Å². The summed E-state index contributed by atoms with van der Waals surface area (Å²) in [4.78, 5) is 70.9. The number of esters is 1. The van der Waals surface area contributed by atoms with E-state index in [4.69, 9.17) is 29.1 Å². The van der Waals surface area contributed by atoms with Crippen molar-refractivity contribution in [3.05, 3.63) is 172 Å². The number of carbonyl (C=O) groups excluding carboxylic acids is 5. The molecule has 5 atom stereocenters. The zero-order valence-corrected chi connectivity index (χ0v) is 58.8. The Balaban J connectivity index is 1.04. The molecule has 19 nitrogen and oxygen atoms in total. The predicted molar refractivity (Wildman–Crippen MR) is 381 cm³/mol. The van der Waals surface area contributed by atoms with Gasteiger partial charge in [0.15, 0.2) is 6.61 Å². The summed E-state index contributed by atoms with van der Waals surface area (Å²) < 4.78 is 61.7. The van der Waals surface area contributed by atoms with Crippen LogP contribution in [0.2, 0.25) is 0 Å². The van der Waals surface area contributed by atoms with Crippen molar-refractivity contribution in [2.75, 3.05) is 19.8 Å². The quantitative estimate of drug-likeness (QED) is 0.00997. The van der Waals surface area contributed by atoms with Crippen LogP contribution in [0.15, 0.2) is 144 Å². The molecule has 0 saturated heterocycles. The van der Waals surface area contributed by atoms with Crippen molar-refractivity contribution in [1.29, 1.82) is 5.41 Å². The third kappa shape index (κ3) is 19.9. The van der Waals surface area contributed by atoms with Crippen LogP contribution in [-0.2, 0) is 51.7 Å². The summed E-state index contributed by atoms with van der Waals surface area (Å²) in [6, 6.07) is 38.5. The minimum Gasteiger partial charge on any atom is -0.489 e. The van der Waals surface area contributed by atoms with Crippen LogP contribution in [0, 0.1) is 32.1 Å². The molecule has 0 radical (unpaired) electrons. The van der Waals surface area contributed by atoms with E-state index < -0.39 is 87.7 Å². The summed E-state index contributed by atoms with van der Waals surface area (Å²) in [7, 11) is -4.30. The topological polar surface area (TPSA) is 262 Å². The fraction of sp³-hybridized carbons (Fsp3) is 0.403. The van der Waals surface area contributed by atoms with Crippen molar-refractivity contribution >= 4 is 73.4 Å². The number of benzene rings is 7. The highest BCUT2D eigenvalue weighted by Crippen LogP contribution is 2.47. The van der Waals surface area contributed by atoms with E-state index in [1.807, 2.05) is 168 Å². The van der Waals surface area contributed by atoms with Gasteiger partial charge in [0.25, 0.3) is 15.9 Å². The molecule has 0 bridgehead atoms. The van der Waals surface area contributed by atoms with Gasteiger partial charge < -0.3 is 50.3 Å². The zero-order valence-electron chi connectivity index (χ0n) is 58.0. The molecule has 20 heteroatoms. The molecular weight excluding hydrogens is 1250 g/mol. The van der Waals surface area contributed by atoms with Gasteiger partial charge >= 0.3 is 12.1 Å². The molecule has 516 valence electrons. The van der Waals surface area contributed by atoms with Gasteiger partial charge in [-0.1, -0.05) is 148 Å². The van der Waals surface area contributed by atoms with Crippen molar-refractivity contribution < 1.29 is 56.1 Å². The van der Waals surface area contributed by atoms with Gasteiger partial charge in [0.2, 0.25) is 17.8 Å². The molecule has 0 aromatic heterocycles. The number of nitrogens with one attached hydrogen (secondary N) is 7. The van der Waals surface area contributed by atoms with Gasteiger partial charge in [-0.05, 0) is 193 Å². The second-order valence-electron chi connectivity index (χ2n) is 26.8. The van der Waals surface area contributed by atoms with Crippen LogP contribution < -0.4 is 45.5 Å². The molecule has 97 heavy (non-hydrogen) atoms. The molecule has 8 rings (SSSR count). The number of guanidine groups is 1. The van der Waals surface area contributed by atoms with Gasteiger partial charge in [-0.15, -0.1) is 0 Å². The van der Waals surface area contributed by atoms with Crippen molar-refractivity contribution in [1.82, 2.24) is 31.3 Å². The molecule has 1 aliphatic heterocycles. The maximum Gasteiger partial charge on any atom is 0.407 e. The molecule has 0 fully saturated rings. The van der Waals surface area contributed by atoms with Crippen LogP contribution in [0.1, 0.15) is 141 Å². The van der Waals surface area contributed by atoms with Crippen LogP contribution in [0.25, 0.3) is 38.7 Å². The Morgan fingerprint density at radius 1 is 0.680 bits per heavy atom. The average Bonchev–Trinajstić information content (AvgIpc) is 0.751. The largest absolute Gasteiger partial charge is 0.489 e. The van der Waals surface area contributed by atoms with Gasteiger partial charge in [0.1, 0.15) is 59.8 Å². The van der Waals surface area contributed by atoms with E-state index in [1.54, 1.807) is 41.5 Å². The number of hydrogen-bond donors (Lipinski definition) is 7. The van der Waals surface area contributed by atoms with Crippen LogP contribution in [-0.4, -0.2) is 99.3 Å². The standard InChI is InChI=1S/C77H95N7O12S/c1-13-26-63(73(88)94-46-55-30-18-15-19-31-55)83-72(87)62(37-25-42-79-74(78)84-97(90,91)70-52(6)51(5)69-60(53(70)7)44-49(3)77(11,12)95-69)82-71(86)61(36-24-27-50(4)80-75(89)96-76(8,9)10)81-66(85)47-93-65-41-39-57-33-21-23-35-59(57)68(65)67-58-34-22-20-32-56(58)38-40-64(67)92-45-48(2)43-54-28-16-14-17-29-54/h14-23,28-35,38-41,43,49-50,61-63H,13,24-27,36-37,42,44-47H2,1-12H3,(H,80,89)(H,81,85)(H,82,86)(H,83,87)(H3,78,79,84)/b48-43+/t49-,50+,61-,62-,63+/m1/s1. The number of carbonyl (C=O) groups is 5. The molecule has 7 aromatic carbocycles. The van der Waals surface area contributed by atoms with Gasteiger partial charge in [0.05, 0.1) is 4.90 Å². The van der Waals surface area contributed by atoms with E-state index >= 15 is 4.79 Å². The smallest absolute Gasteiger partial charge is 0.407 e. The van der Waals surface area contributed by atoms with Crippen LogP contribution in [0.5, 0.6) is 17.2 Å². The van der Waals surface area contributed by atoms with Gasteiger partial charge in [-0.3, -0.25) is 19.8 Å². The molecule has 0 aliphatic carbocycles. The third-order valence-corrected chi connectivity index (χ3v) is 19.1. The average molecular weight is 1340 g/mol. The number of ether oxygens (including phenoxy) is 5. The van der Waals surface area contributed by atoms with Crippen molar-refractivity contribution in [2.45, 2.75) is 181 Å². The lowest BCUT2D eigenvalue weighted by Gasteiger charge is -2.40. The summed E-state index contributed by atoms with van der Waals surface area (Å²) in [5.74, 6) is -1.57. The Labute approximate surface area is 571 Å². The normalized spacial score (nSPS) is 14.9. The summed E-state index contributed by atoms with van der Waals surface area (Å²) in [5.41, 5.74) is 5.56. The monoisotopic (exact) mass is 1340 g/mol. The molecular formula is C77H95N7O12S. The van der Waals surface area contributed by atoms with Crippen molar-refractivity contribution in [2.24, 2.45) is 5.92 Å². The van der Waals surface area contributed by atoms with Crippen LogP contribution in [0.4, 0.5) is 4.79 Å². The Hall–Kier alpha value is -9.43. The lowest BCUT2D eigenvalue weighted by atomic mass is 9.81. The molecule has 7 aromatic rings. The highest BCUT2D eigenvalue weighted by atomic mass is 32.2. The Bertz CT molecular complexity index is 4110. The summed E-state index contributed by atoms with van der Waals surface area (Å²) in [5, 5.41) is 26.6. The Kier molecular flexibility index (Phi) is 25.0. The number of hydrogen-bond acceptors (Lipinski definition) is 13. The minimum atomic E-state index is -4.30. The van der Waals surface area contributed by atoms with Gasteiger partial charge in [-0.2, -0.15) is 0 Å². The van der Waals surface area contributed by atoms with Crippen LogP contribution >= 0.6 is 0 Å². The maximum absolute atomic E-state index is 15.0. The predicted octanol–water partition coefficient (Wildman–Crippen LogP) is 13.2. The summed E-state index contributed by atoms with van der Waals surface area (Å²) in [6.45, 7) is 22.0. The molecule has 0 spiro atoms.